The maximum atomic E-state index is 12.0. The molecule has 1 unspecified atom stereocenters. The van der Waals surface area contributed by atoms with Crippen molar-refractivity contribution in [3.63, 3.8) is 0 Å². The van der Waals surface area contributed by atoms with Crippen LogP contribution in [0.25, 0.3) is 0 Å². The molecular weight excluding hydrogens is 331 g/mol. The number of hydrogen-bond acceptors (Lipinski definition) is 2. The largest absolute Gasteiger partial charge is 0.356 e. The Morgan fingerprint density at radius 1 is 1.43 bits per heavy atom. The van der Waals surface area contributed by atoms with E-state index in [0.29, 0.717) is 18.9 Å². The van der Waals surface area contributed by atoms with Crippen molar-refractivity contribution in [1.82, 2.24) is 10.6 Å². The molecule has 23 heavy (non-hydrogen) atoms. The van der Waals surface area contributed by atoms with E-state index in [1.54, 1.807) is 0 Å². The summed E-state index contributed by atoms with van der Waals surface area (Å²) in [5.41, 5.74) is 1.23. The maximum Gasteiger partial charge on any atom is 0.220 e. The number of carbonyl (C=O) groups is 1. The Morgan fingerprint density at radius 2 is 2.22 bits per heavy atom. The van der Waals surface area contributed by atoms with Crippen LogP contribution in [0.5, 0.6) is 0 Å². The Kier molecular flexibility index (Phi) is 8.38. The van der Waals surface area contributed by atoms with Crippen LogP contribution in [-0.2, 0) is 11.2 Å². The van der Waals surface area contributed by atoms with Crippen molar-refractivity contribution in [1.29, 1.82) is 0 Å². The molecule has 3 nitrogen and oxygen atoms in total. The zero-order valence-corrected chi connectivity index (χ0v) is 15.6. The highest BCUT2D eigenvalue weighted by atomic mass is 35.5. The predicted octanol–water partition coefficient (Wildman–Crippen LogP) is 3.84. The summed E-state index contributed by atoms with van der Waals surface area (Å²) in [6.07, 6.45) is 3.74. The number of amides is 1. The molecular formula is C18H28Cl2N2O. The summed E-state index contributed by atoms with van der Waals surface area (Å²) in [6.45, 7) is 7.21. The van der Waals surface area contributed by atoms with Crippen molar-refractivity contribution in [3.05, 3.63) is 34.9 Å². The molecule has 1 aromatic carbocycles. The summed E-state index contributed by atoms with van der Waals surface area (Å²) in [4.78, 5) is 12.0. The van der Waals surface area contributed by atoms with Gasteiger partial charge in [0.05, 0.1) is 0 Å². The normalized spacial score (nSPS) is 17.6. The van der Waals surface area contributed by atoms with Crippen LogP contribution in [0.1, 0.15) is 38.7 Å². The molecule has 1 atom stereocenters. The Bertz CT molecular complexity index is 500. The van der Waals surface area contributed by atoms with Crippen LogP contribution >= 0.6 is 24.0 Å². The second-order valence-corrected chi connectivity index (χ2v) is 7.58. The van der Waals surface area contributed by atoms with Crippen LogP contribution in [0.3, 0.4) is 0 Å². The van der Waals surface area contributed by atoms with Gasteiger partial charge in [0.15, 0.2) is 0 Å². The van der Waals surface area contributed by atoms with Gasteiger partial charge in [0.2, 0.25) is 5.91 Å². The molecule has 0 radical (unpaired) electrons. The van der Waals surface area contributed by atoms with Crippen LogP contribution in [0.15, 0.2) is 24.3 Å². The second kappa shape index (κ2) is 9.51. The third-order valence-electron chi connectivity index (χ3n) is 4.28. The molecule has 1 saturated heterocycles. The van der Waals surface area contributed by atoms with E-state index in [0.717, 1.165) is 31.0 Å². The SMILES string of the molecule is CC(C)(CNC(=O)CCC1CCNC1)Cc1cccc(Cl)c1.Cl. The summed E-state index contributed by atoms with van der Waals surface area (Å²) in [7, 11) is 0. The molecule has 1 aromatic rings. The van der Waals surface area contributed by atoms with E-state index >= 15 is 0 Å². The number of benzene rings is 1. The minimum absolute atomic E-state index is 0. The molecule has 1 amide bonds. The molecule has 1 fully saturated rings. The lowest BCUT2D eigenvalue weighted by molar-refractivity contribution is -0.121. The Labute approximate surface area is 151 Å². The first kappa shape index (κ1) is 20.3. The summed E-state index contributed by atoms with van der Waals surface area (Å²) in [5, 5.41) is 7.20. The lowest BCUT2D eigenvalue weighted by atomic mass is 9.85. The third-order valence-corrected chi connectivity index (χ3v) is 4.51. The highest BCUT2D eigenvalue weighted by Crippen LogP contribution is 2.23. The Balaban J connectivity index is 0.00000264. The predicted molar refractivity (Wildman–Crippen MR) is 99.4 cm³/mol. The first-order valence-electron chi connectivity index (χ1n) is 8.16. The van der Waals surface area contributed by atoms with Crippen LogP contribution in [0.2, 0.25) is 5.02 Å². The second-order valence-electron chi connectivity index (χ2n) is 7.15. The van der Waals surface area contributed by atoms with Crippen molar-refractivity contribution >= 4 is 29.9 Å². The molecule has 130 valence electrons. The topological polar surface area (TPSA) is 41.1 Å². The first-order chi connectivity index (χ1) is 10.4. The minimum atomic E-state index is 0. The van der Waals surface area contributed by atoms with Crippen molar-refractivity contribution in [3.8, 4) is 0 Å². The highest BCUT2D eigenvalue weighted by Gasteiger charge is 2.20. The molecule has 2 rings (SSSR count). The van der Waals surface area contributed by atoms with Gasteiger partial charge in [-0.2, -0.15) is 0 Å². The van der Waals surface area contributed by atoms with Gasteiger partial charge < -0.3 is 10.6 Å². The fraction of sp³-hybridized carbons (Fsp3) is 0.611. The molecule has 0 bridgehead atoms. The summed E-state index contributed by atoms with van der Waals surface area (Å²) in [5.74, 6) is 0.844. The fourth-order valence-electron chi connectivity index (χ4n) is 2.98. The average Bonchev–Trinajstić information content (AvgIpc) is 2.96. The van der Waals surface area contributed by atoms with Gasteiger partial charge in [0.25, 0.3) is 0 Å². The maximum absolute atomic E-state index is 12.0. The van der Waals surface area contributed by atoms with Crippen LogP contribution in [0.4, 0.5) is 0 Å². The number of halogens is 2. The van der Waals surface area contributed by atoms with E-state index < -0.39 is 0 Å². The van der Waals surface area contributed by atoms with Gasteiger partial charge in [-0.3, -0.25) is 4.79 Å². The van der Waals surface area contributed by atoms with E-state index in [1.165, 1.54) is 12.0 Å². The number of hydrogen-bond donors (Lipinski definition) is 2. The summed E-state index contributed by atoms with van der Waals surface area (Å²) < 4.78 is 0. The minimum Gasteiger partial charge on any atom is -0.356 e. The van der Waals surface area contributed by atoms with Crippen LogP contribution in [-0.4, -0.2) is 25.5 Å². The molecule has 1 aliphatic heterocycles. The van der Waals surface area contributed by atoms with Crippen molar-refractivity contribution < 1.29 is 4.79 Å². The van der Waals surface area contributed by atoms with E-state index in [4.69, 9.17) is 11.6 Å². The third kappa shape index (κ3) is 7.56. The van der Waals surface area contributed by atoms with E-state index in [9.17, 15) is 4.79 Å². The monoisotopic (exact) mass is 358 g/mol. The molecule has 0 saturated carbocycles. The lowest BCUT2D eigenvalue weighted by Gasteiger charge is -2.25. The molecule has 0 aromatic heterocycles. The van der Waals surface area contributed by atoms with Gasteiger partial charge in [-0.25, -0.2) is 0 Å². The van der Waals surface area contributed by atoms with Gasteiger partial charge in [0.1, 0.15) is 0 Å². The number of rotatable bonds is 7. The fourth-order valence-corrected chi connectivity index (χ4v) is 3.20. The van der Waals surface area contributed by atoms with Crippen molar-refractivity contribution in [2.45, 2.75) is 39.5 Å². The molecule has 0 spiro atoms. The van der Waals surface area contributed by atoms with Crippen LogP contribution < -0.4 is 10.6 Å². The molecule has 0 aliphatic carbocycles. The quantitative estimate of drug-likeness (QED) is 0.777. The van der Waals surface area contributed by atoms with E-state index in [1.807, 2.05) is 18.2 Å². The Morgan fingerprint density at radius 3 is 2.87 bits per heavy atom. The summed E-state index contributed by atoms with van der Waals surface area (Å²) >= 11 is 6.03. The lowest BCUT2D eigenvalue weighted by Crippen LogP contribution is -2.35. The van der Waals surface area contributed by atoms with Gasteiger partial charge in [-0.1, -0.05) is 37.6 Å². The zero-order valence-electron chi connectivity index (χ0n) is 14.0. The number of nitrogens with one attached hydrogen (secondary N) is 2. The molecule has 1 aliphatic rings. The van der Waals surface area contributed by atoms with Crippen LogP contribution in [0, 0.1) is 11.3 Å². The van der Waals surface area contributed by atoms with Gasteiger partial charge >= 0.3 is 0 Å². The van der Waals surface area contributed by atoms with Crippen molar-refractivity contribution in [2.24, 2.45) is 11.3 Å². The number of carbonyl (C=O) groups excluding carboxylic acids is 1. The smallest absolute Gasteiger partial charge is 0.220 e. The van der Waals surface area contributed by atoms with Gasteiger partial charge in [0, 0.05) is 18.0 Å². The Hall–Kier alpha value is -0.770. The summed E-state index contributed by atoms with van der Waals surface area (Å²) in [6, 6.07) is 7.94. The average molecular weight is 359 g/mol. The molecule has 1 heterocycles. The zero-order chi connectivity index (χ0) is 16.0. The first-order valence-corrected chi connectivity index (χ1v) is 8.54. The molecule has 2 N–H and O–H groups in total. The standard InChI is InChI=1S/C18H27ClN2O.ClH/c1-18(2,11-15-4-3-5-16(19)10-15)13-21-17(22)7-6-14-8-9-20-12-14;/h3-5,10,14,20H,6-9,11-13H2,1-2H3,(H,21,22);1H. The highest BCUT2D eigenvalue weighted by molar-refractivity contribution is 6.30. The van der Waals surface area contributed by atoms with Gasteiger partial charge in [-0.15, -0.1) is 12.4 Å². The van der Waals surface area contributed by atoms with E-state index in [-0.39, 0.29) is 23.7 Å². The van der Waals surface area contributed by atoms with Crippen molar-refractivity contribution in [2.75, 3.05) is 19.6 Å². The van der Waals surface area contributed by atoms with Gasteiger partial charge in [-0.05, 0) is 61.4 Å². The molecule has 5 heteroatoms. The van der Waals surface area contributed by atoms with E-state index in [2.05, 4.69) is 30.5 Å².